The average molecular weight is 342 g/mol. The van der Waals surface area contributed by atoms with Gasteiger partial charge in [-0.15, -0.1) is 11.3 Å². The normalized spacial score (nSPS) is 19.5. The lowest BCUT2D eigenvalue weighted by Gasteiger charge is -2.04. The minimum absolute atomic E-state index is 0.167. The topological polar surface area (TPSA) is 66.9 Å². The van der Waals surface area contributed by atoms with Crippen molar-refractivity contribution in [1.29, 1.82) is 0 Å². The van der Waals surface area contributed by atoms with Crippen molar-refractivity contribution >= 4 is 39.5 Å². The van der Waals surface area contributed by atoms with Crippen molar-refractivity contribution in [2.45, 2.75) is 22.7 Å². The van der Waals surface area contributed by atoms with Crippen molar-refractivity contribution in [3.8, 4) is 0 Å². The molecule has 1 aromatic carbocycles. The average Bonchev–Trinajstić information content (AvgIpc) is 3.21. The lowest BCUT2D eigenvalue weighted by molar-refractivity contribution is 0.246. The number of carbonyl (C=O) groups is 1. The molecule has 1 saturated carbocycles. The summed E-state index contributed by atoms with van der Waals surface area (Å²) in [5.41, 5.74) is 2.00. The number of aromatic nitrogens is 2. The third-order valence-corrected chi connectivity index (χ3v) is 5.56. The number of pyridine rings is 1. The van der Waals surface area contributed by atoms with Crippen molar-refractivity contribution < 1.29 is 4.79 Å². The van der Waals surface area contributed by atoms with E-state index in [0.29, 0.717) is 5.92 Å². The number of nitrogens with one attached hydrogen (secondary N) is 2. The second-order valence-electron chi connectivity index (χ2n) is 5.33. The van der Waals surface area contributed by atoms with Gasteiger partial charge < -0.3 is 5.32 Å². The van der Waals surface area contributed by atoms with Gasteiger partial charge in [0.15, 0.2) is 4.34 Å². The third-order valence-electron chi connectivity index (χ3n) is 3.68. The van der Waals surface area contributed by atoms with Crippen molar-refractivity contribution in [2.75, 3.05) is 0 Å². The van der Waals surface area contributed by atoms with Gasteiger partial charge in [0.05, 0.1) is 10.2 Å². The summed E-state index contributed by atoms with van der Waals surface area (Å²) in [6, 6.07) is 13.8. The van der Waals surface area contributed by atoms with Gasteiger partial charge in [-0.1, -0.05) is 18.2 Å². The maximum absolute atomic E-state index is 12.0. The maximum atomic E-state index is 12.0. The number of benzene rings is 1. The van der Waals surface area contributed by atoms with Crippen molar-refractivity contribution in [3.05, 3.63) is 54.4 Å². The molecular formula is C16H14N4OS2. The molecule has 0 aliphatic heterocycles. The van der Waals surface area contributed by atoms with E-state index in [0.717, 1.165) is 26.7 Å². The van der Waals surface area contributed by atoms with Crippen LogP contribution in [-0.4, -0.2) is 22.0 Å². The number of carbonyl (C=O) groups excluding carboxylic acids is 1. The molecule has 2 atom stereocenters. The fraction of sp³-hybridized carbons (Fsp3) is 0.188. The summed E-state index contributed by atoms with van der Waals surface area (Å²) in [6.07, 6.45) is 2.73. The number of urea groups is 1. The molecule has 23 heavy (non-hydrogen) atoms. The number of hydrogen-bond donors (Lipinski definition) is 2. The lowest BCUT2D eigenvalue weighted by Crippen LogP contribution is -2.33. The third kappa shape index (κ3) is 3.30. The van der Waals surface area contributed by atoms with E-state index in [1.54, 1.807) is 17.5 Å². The number of amides is 2. The molecule has 3 aromatic rings. The van der Waals surface area contributed by atoms with Crippen LogP contribution in [-0.2, 0) is 0 Å². The molecule has 0 radical (unpaired) electrons. The van der Waals surface area contributed by atoms with Gasteiger partial charge in [0.2, 0.25) is 0 Å². The molecule has 2 unspecified atom stereocenters. The summed E-state index contributed by atoms with van der Waals surface area (Å²) >= 11 is 2.82. The van der Waals surface area contributed by atoms with E-state index >= 15 is 0 Å². The molecule has 4 rings (SSSR count). The minimum atomic E-state index is -0.183. The highest BCUT2D eigenvalue weighted by molar-refractivity contribution is 7.99. The van der Waals surface area contributed by atoms with E-state index in [4.69, 9.17) is 0 Å². The second-order valence-corrected chi connectivity index (χ2v) is 7.41. The molecule has 0 spiro atoms. The second kappa shape index (κ2) is 6.17. The Labute approximate surface area is 141 Å². The van der Waals surface area contributed by atoms with E-state index in [1.807, 2.05) is 42.5 Å². The highest BCUT2D eigenvalue weighted by Crippen LogP contribution is 2.39. The maximum Gasteiger partial charge on any atom is 0.325 e. The van der Waals surface area contributed by atoms with Gasteiger partial charge in [-0.3, -0.25) is 9.71 Å². The van der Waals surface area contributed by atoms with Gasteiger partial charge in [-0.2, -0.15) is 0 Å². The molecular weight excluding hydrogens is 328 g/mol. The zero-order chi connectivity index (χ0) is 15.6. The first-order chi connectivity index (χ1) is 11.3. The smallest absolute Gasteiger partial charge is 0.325 e. The van der Waals surface area contributed by atoms with Crippen LogP contribution in [0.3, 0.4) is 0 Å². The summed E-state index contributed by atoms with van der Waals surface area (Å²) in [4.78, 5) is 20.8. The summed E-state index contributed by atoms with van der Waals surface area (Å²) in [6.45, 7) is 0. The summed E-state index contributed by atoms with van der Waals surface area (Å²) in [5, 5.41) is 2.97. The Kier molecular flexibility index (Phi) is 3.88. The van der Waals surface area contributed by atoms with Gasteiger partial charge in [-0.05, 0) is 30.7 Å². The number of thiazole rings is 1. The highest BCUT2D eigenvalue weighted by atomic mass is 32.2. The van der Waals surface area contributed by atoms with E-state index in [2.05, 4.69) is 20.0 Å². The number of fused-ring (bicyclic) bond motifs is 1. The van der Waals surface area contributed by atoms with Crippen LogP contribution in [0.1, 0.15) is 18.0 Å². The molecule has 2 heterocycles. The van der Waals surface area contributed by atoms with Gasteiger partial charge in [0.1, 0.15) is 0 Å². The molecule has 1 aliphatic rings. The molecule has 0 bridgehead atoms. The molecule has 2 aromatic heterocycles. The molecule has 5 nitrogen and oxygen atoms in total. The molecule has 1 fully saturated rings. The zero-order valence-corrected chi connectivity index (χ0v) is 13.7. The van der Waals surface area contributed by atoms with Gasteiger partial charge in [0.25, 0.3) is 0 Å². The zero-order valence-electron chi connectivity index (χ0n) is 12.1. The van der Waals surface area contributed by atoms with Crippen LogP contribution in [0, 0.1) is 0 Å². The Morgan fingerprint density at radius 3 is 2.91 bits per heavy atom. The van der Waals surface area contributed by atoms with E-state index in [-0.39, 0.29) is 12.1 Å². The Bertz CT molecular complexity index is 803. The number of rotatable bonds is 4. The van der Waals surface area contributed by atoms with Crippen LogP contribution in [0.15, 0.2) is 53.0 Å². The predicted octanol–water partition coefficient (Wildman–Crippen LogP) is 3.55. The first-order valence-electron chi connectivity index (χ1n) is 7.29. The minimum Gasteiger partial charge on any atom is -0.334 e. The standard InChI is InChI=1S/C16H14N4OS2/c21-15(18-13-9-10(13)11-5-3-4-8-17-11)20-23-16-19-12-6-1-2-7-14(12)22-16/h1-8,10,13H,9H2,(H2,18,20,21). The lowest BCUT2D eigenvalue weighted by atomic mass is 10.2. The Morgan fingerprint density at radius 1 is 1.22 bits per heavy atom. The van der Waals surface area contributed by atoms with Crippen LogP contribution in [0.25, 0.3) is 10.2 Å². The summed E-state index contributed by atoms with van der Waals surface area (Å²) in [5.74, 6) is 0.328. The first kappa shape index (κ1) is 14.5. The van der Waals surface area contributed by atoms with E-state index in [1.165, 1.54) is 11.9 Å². The van der Waals surface area contributed by atoms with Crippen molar-refractivity contribution in [3.63, 3.8) is 0 Å². The molecule has 2 N–H and O–H groups in total. The molecule has 7 heteroatoms. The first-order valence-corrected chi connectivity index (χ1v) is 8.93. The quantitative estimate of drug-likeness (QED) is 0.712. The monoisotopic (exact) mass is 342 g/mol. The van der Waals surface area contributed by atoms with E-state index in [9.17, 15) is 4.79 Å². The van der Waals surface area contributed by atoms with E-state index < -0.39 is 0 Å². The fourth-order valence-corrected chi connectivity index (χ4v) is 4.10. The molecule has 0 saturated heterocycles. The van der Waals surface area contributed by atoms with Crippen LogP contribution in [0.2, 0.25) is 0 Å². The van der Waals surface area contributed by atoms with Gasteiger partial charge >= 0.3 is 6.03 Å². The Morgan fingerprint density at radius 2 is 2.09 bits per heavy atom. The number of para-hydroxylation sites is 1. The number of hydrogen-bond acceptors (Lipinski definition) is 5. The highest BCUT2D eigenvalue weighted by Gasteiger charge is 2.40. The summed E-state index contributed by atoms with van der Waals surface area (Å²) in [7, 11) is 0. The summed E-state index contributed by atoms with van der Waals surface area (Å²) < 4.78 is 4.75. The number of nitrogens with zero attached hydrogens (tertiary/aromatic N) is 2. The van der Waals surface area contributed by atoms with Gasteiger partial charge in [-0.25, -0.2) is 9.78 Å². The molecule has 2 amide bonds. The fourth-order valence-electron chi connectivity index (χ4n) is 2.46. The van der Waals surface area contributed by atoms with Crippen molar-refractivity contribution in [1.82, 2.24) is 20.0 Å². The largest absolute Gasteiger partial charge is 0.334 e. The van der Waals surface area contributed by atoms with Crippen LogP contribution in [0.5, 0.6) is 0 Å². The Hall–Kier alpha value is -2.12. The molecule has 116 valence electrons. The molecule has 1 aliphatic carbocycles. The van der Waals surface area contributed by atoms with Gasteiger partial charge in [0, 0.05) is 35.8 Å². The SMILES string of the molecule is O=C(NSc1nc2ccccc2s1)NC1CC1c1ccccn1. The van der Waals surface area contributed by atoms with Crippen molar-refractivity contribution in [2.24, 2.45) is 0 Å². The predicted molar refractivity (Wildman–Crippen MR) is 92.5 cm³/mol. The van der Waals surface area contributed by atoms with Crippen LogP contribution in [0.4, 0.5) is 4.79 Å². The van der Waals surface area contributed by atoms with Crippen LogP contribution < -0.4 is 10.0 Å². The van der Waals surface area contributed by atoms with Crippen LogP contribution >= 0.6 is 23.3 Å². The Balaban J connectivity index is 1.29.